The van der Waals surface area contributed by atoms with Crippen molar-refractivity contribution in [2.75, 3.05) is 24.6 Å². The van der Waals surface area contributed by atoms with E-state index >= 15 is 0 Å². The van der Waals surface area contributed by atoms with Crippen molar-refractivity contribution in [3.05, 3.63) is 29.6 Å². The Bertz CT molecular complexity index is 414. The number of rotatable bonds is 3. The van der Waals surface area contributed by atoms with Crippen molar-refractivity contribution in [3.8, 4) is 0 Å². The average molecular weight is 237 g/mol. The minimum Gasteiger partial charge on any atom is -0.462 e. The largest absolute Gasteiger partial charge is 0.462 e. The fourth-order valence-electron chi connectivity index (χ4n) is 2.11. The molecule has 1 saturated heterocycles. The van der Waals surface area contributed by atoms with Gasteiger partial charge in [-0.25, -0.2) is 9.18 Å². The molecule has 1 aliphatic heterocycles. The Morgan fingerprint density at radius 3 is 2.76 bits per heavy atom. The molecule has 17 heavy (non-hydrogen) atoms. The highest BCUT2D eigenvalue weighted by atomic mass is 19.1. The van der Waals surface area contributed by atoms with Crippen LogP contribution in [0.25, 0.3) is 0 Å². The Morgan fingerprint density at radius 1 is 1.41 bits per heavy atom. The molecule has 0 saturated carbocycles. The molecule has 0 radical (unpaired) electrons. The third-order valence-corrected chi connectivity index (χ3v) is 2.90. The number of carbonyl (C=O) groups excluding carboxylic acids is 1. The Balaban J connectivity index is 2.33. The number of carbonyl (C=O) groups is 1. The van der Waals surface area contributed by atoms with Gasteiger partial charge in [-0.3, -0.25) is 0 Å². The van der Waals surface area contributed by atoms with Crippen molar-refractivity contribution < 1.29 is 13.9 Å². The summed E-state index contributed by atoms with van der Waals surface area (Å²) in [5.41, 5.74) is 1.11. The fourth-order valence-corrected chi connectivity index (χ4v) is 2.11. The minimum atomic E-state index is -0.450. The summed E-state index contributed by atoms with van der Waals surface area (Å²) in [6, 6.07) is 4.30. The molecule has 1 aliphatic rings. The van der Waals surface area contributed by atoms with Gasteiger partial charge in [-0.15, -0.1) is 0 Å². The van der Waals surface area contributed by atoms with Gasteiger partial charge in [0, 0.05) is 13.1 Å². The zero-order chi connectivity index (χ0) is 12.3. The highest BCUT2D eigenvalue weighted by Crippen LogP contribution is 2.26. The lowest BCUT2D eigenvalue weighted by Crippen LogP contribution is -2.21. The lowest BCUT2D eigenvalue weighted by molar-refractivity contribution is 0.0526. The van der Waals surface area contributed by atoms with Crippen LogP contribution in [0.5, 0.6) is 0 Å². The van der Waals surface area contributed by atoms with Gasteiger partial charge in [-0.1, -0.05) is 0 Å². The molecule has 0 N–H and O–H groups in total. The molecular formula is C13H16FNO2. The molecular weight excluding hydrogens is 221 g/mol. The summed E-state index contributed by atoms with van der Waals surface area (Å²) in [5.74, 6) is -0.857. The van der Waals surface area contributed by atoms with Gasteiger partial charge >= 0.3 is 5.97 Å². The van der Waals surface area contributed by atoms with Crippen molar-refractivity contribution in [2.24, 2.45) is 0 Å². The standard InChI is InChI=1S/C13H16FNO2/c1-2-17-13(16)11-9-10(14)5-6-12(11)15-7-3-4-8-15/h5-6,9H,2-4,7-8H2,1H3. The molecule has 4 heteroatoms. The minimum absolute atomic E-state index is 0.300. The maximum absolute atomic E-state index is 13.2. The smallest absolute Gasteiger partial charge is 0.340 e. The van der Waals surface area contributed by atoms with Gasteiger partial charge in [-0.2, -0.15) is 0 Å². The van der Waals surface area contributed by atoms with Crippen LogP contribution < -0.4 is 4.90 Å². The molecule has 0 bridgehead atoms. The first-order valence-electron chi connectivity index (χ1n) is 5.94. The van der Waals surface area contributed by atoms with Gasteiger partial charge in [0.1, 0.15) is 5.82 Å². The van der Waals surface area contributed by atoms with E-state index in [9.17, 15) is 9.18 Å². The molecule has 1 heterocycles. The topological polar surface area (TPSA) is 29.5 Å². The van der Waals surface area contributed by atoms with Crippen molar-refractivity contribution >= 4 is 11.7 Å². The second-order valence-electron chi connectivity index (χ2n) is 4.08. The van der Waals surface area contributed by atoms with Crippen molar-refractivity contribution in [1.82, 2.24) is 0 Å². The third kappa shape index (κ3) is 2.57. The van der Waals surface area contributed by atoms with Crippen LogP contribution in [-0.2, 0) is 4.74 Å². The molecule has 0 aliphatic carbocycles. The molecule has 2 rings (SSSR count). The quantitative estimate of drug-likeness (QED) is 0.757. The highest BCUT2D eigenvalue weighted by Gasteiger charge is 2.20. The van der Waals surface area contributed by atoms with Crippen LogP contribution >= 0.6 is 0 Å². The van der Waals surface area contributed by atoms with E-state index in [0.717, 1.165) is 31.6 Å². The van der Waals surface area contributed by atoms with Crippen LogP contribution in [0, 0.1) is 5.82 Å². The lowest BCUT2D eigenvalue weighted by Gasteiger charge is -2.20. The lowest BCUT2D eigenvalue weighted by atomic mass is 10.1. The normalized spacial score (nSPS) is 15.1. The van der Waals surface area contributed by atoms with Gasteiger partial charge in [0.15, 0.2) is 0 Å². The van der Waals surface area contributed by atoms with Crippen LogP contribution in [0.15, 0.2) is 18.2 Å². The van der Waals surface area contributed by atoms with Crippen LogP contribution in [0.3, 0.4) is 0 Å². The predicted octanol–water partition coefficient (Wildman–Crippen LogP) is 2.60. The molecule has 1 aromatic carbocycles. The maximum atomic E-state index is 13.2. The number of halogens is 1. The van der Waals surface area contributed by atoms with Crippen LogP contribution in [0.1, 0.15) is 30.1 Å². The fraction of sp³-hybridized carbons (Fsp3) is 0.462. The van der Waals surface area contributed by atoms with Gasteiger partial charge < -0.3 is 9.64 Å². The van der Waals surface area contributed by atoms with Gasteiger partial charge in [0.25, 0.3) is 0 Å². The number of nitrogens with zero attached hydrogens (tertiary/aromatic N) is 1. The second-order valence-corrected chi connectivity index (χ2v) is 4.08. The number of ether oxygens (including phenoxy) is 1. The summed E-state index contributed by atoms with van der Waals surface area (Å²) in [4.78, 5) is 13.9. The zero-order valence-electron chi connectivity index (χ0n) is 9.91. The summed E-state index contributed by atoms with van der Waals surface area (Å²) in [7, 11) is 0. The zero-order valence-corrected chi connectivity index (χ0v) is 9.91. The predicted molar refractivity (Wildman–Crippen MR) is 63.8 cm³/mol. The monoisotopic (exact) mass is 237 g/mol. The van der Waals surface area contributed by atoms with E-state index in [0.29, 0.717) is 12.2 Å². The third-order valence-electron chi connectivity index (χ3n) is 2.90. The molecule has 0 spiro atoms. The van der Waals surface area contributed by atoms with Gasteiger partial charge in [-0.05, 0) is 38.0 Å². The van der Waals surface area contributed by atoms with E-state index in [4.69, 9.17) is 4.74 Å². The van der Waals surface area contributed by atoms with E-state index in [1.807, 2.05) is 0 Å². The van der Waals surface area contributed by atoms with Crippen molar-refractivity contribution in [1.29, 1.82) is 0 Å². The first kappa shape index (κ1) is 11.9. The maximum Gasteiger partial charge on any atom is 0.340 e. The number of anilines is 1. The Morgan fingerprint density at radius 2 is 2.12 bits per heavy atom. The SMILES string of the molecule is CCOC(=O)c1cc(F)ccc1N1CCCC1. The number of hydrogen-bond acceptors (Lipinski definition) is 3. The molecule has 0 atom stereocenters. The molecule has 0 aromatic heterocycles. The van der Waals surface area contributed by atoms with Crippen LogP contribution in [0.2, 0.25) is 0 Å². The first-order chi connectivity index (χ1) is 8.22. The van der Waals surface area contributed by atoms with Crippen LogP contribution in [0.4, 0.5) is 10.1 Å². The second kappa shape index (κ2) is 5.17. The number of benzene rings is 1. The van der Waals surface area contributed by atoms with Crippen LogP contribution in [-0.4, -0.2) is 25.7 Å². The molecule has 1 aromatic rings. The molecule has 92 valence electrons. The summed E-state index contributed by atoms with van der Waals surface area (Å²) in [5, 5.41) is 0. The summed E-state index contributed by atoms with van der Waals surface area (Å²) in [6.45, 7) is 3.87. The summed E-state index contributed by atoms with van der Waals surface area (Å²) in [6.07, 6.45) is 2.22. The van der Waals surface area contributed by atoms with E-state index < -0.39 is 11.8 Å². The summed E-state index contributed by atoms with van der Waals surface area (Å²) < 4.78 is 18.2. The molecule has 0 unspecified atom stereocenters. The number of esters is 1. The Hall–Kier alpha value is -1.58. The van der Waals surface area contributed by atoms with E-state index in [1.165, 1.54) is 12.1 Å². The van der Waals surface area contributed by atoms with Crippen molar-refractivity contribution in [3.63, 3.8) is 0 Å². The van der Waals surface area contributed by atoms with Gasteiger partial charge in [0.2, 0.25) is 0 Å². The Labute approximate surface area is 100 Å². The first-order valence-corrected chi connectivity index (χ1v) is 5.94. The molecule has 3 nitrogen and oxygen atoms in total. The molecule has 1 fully saturated rings. The Kier molecular flexibility index (Phi) is 3.61. The number of hydrogen-bond donors (Lipinski definition) is 0. The summed E-state index contributed by atoms with van der Waals surface area (Å²) >= 11 is 0. The molecule has 0 amide bonds. The van der Waals surface area contributed by atoms with E-state index in [1.54, 1.807) is 13.0 Å². The van der Waals surface area contributed by atoms with Crippen molar-refractivity contribution in [2.45, 2.75) is 19.8 Å². The average Bonchev–Trinajstić information content (AvgIpc) is 2.82. The highest BCUT2D eigenvalue weighted by molar-refractivity contribution is 5.96. The van der Waals surface area contributed by atoms with E-state index in [-0.39, 0.29) is 0 Å². The van der Waals surface area contributed by atoms with Gasteiger partial charge in [0.05, 0.1) is 17.9 Å². The van der Waals surface area contributed by atoms with E-state index in [2.05, 4.69) is 4.90 Å².